The number of rotatable bonds is 6. The van der Waals surface area contributed by atoms with E-state index in [0.29, 0.717) is 26.8 Å². The van der Waals surface area contributed by atoms with Crippen LogP contribution in [0.5, 0.6) is 5.75 Å². The first kappa shape index (κ1) is 23.1. The van der Waals surface area contributed by atoms with Crippen LogP contribution < -0.4 is 10.5 Å². The van der Waals surface area contributed by atoms with Gasteiger partial charge >= 0.3 is 6.18 Å². The molecule has 1 amide bonds. The van der Waals surface area contributed by atoms with Gasteiger partial charge in [0.15, 0.2) is 6.10 Å². The fourth-order valence-corrected chi connectivity index (χ4v) is 4.59. The highest BCUT2D eigenvalue weighted by Gasteiger charge is 2.39. The van der Waals surface area contributed by atoms with Crippen LogP contribution in [0.15, 0.2) is 54.9 Å². The number of ether oxygens (including phenoxy) is 1. The van der Waals surface area contributed by atoms with Crippen LogP contribution in [-0.2, 0) is 0 Å². The number of imidazole rings is 1. The van der Waals surface area contributed by atoms with Crippen molar-refractivity contribution in [3.8, 4) is 16.3 Å². The van der Waals surface area contributed by atoms with Crippen LogP contribution in [0, 0.1) is 0 Å². The lowest BCUT2D eigenvalue weighted by Gasteiger charge is -2.16. The minimum Gasteiger partial charge on any atom is -0.484 e. The standard InChI is InChI=1S/C22H17ClF3N3O3S/c1-11(13-4-2-3-5-14(13)23)32-16-8-17(33-19(16)21(27)31)15-9-28-18-7-6-12(10-29(15)18)20(30)22(24,25)26/h2-11,20,30H,1H3,(H2,27,31). The second-order valence-electron chi connectivity index (χ2n) is 7.23. The Bertz CT molecular complexity index is 1340. The number of hydrogen-bond acceptors (Lipinski definition) is 5. The van der Waals surface area contributed by atoms with Crippen molar-refractivity contribution in [1.82, 2.24) is 9.38 Å². The summed E-state index contributed by atoms with van der Waals surface area (Å²) in [6, 6.07) is 11.2. The predicted molar refractivity (Wildman–Crippen MR) is 119 cm³/mol. The number of nitrogens with two attached hydrogens (primary N) is 1. The van der Waals surface area contributed by atoms with Gasteiger partial charge in [0.1, 0.15) is 22.4 Å². The first-order valence-corrected chi connectivity index (χ1v) is 10.8. The lowest BCUT2D eigenvalue weighted by molar-refractivity contribution is -0.206. The molecule has 11 heteroatoms. The molecular weight excluding hydrogens is 479 g/mol. The van der Waals surface area contributed by atoms with Crippen LogP contribution in [-0.4, -0.2) is 26.6 Å². The molecule has 3 aromatic heterocycles. The van der Waals surface area contributed by atoms with Gasteiger partial charge in [-0.2, -0.15) is 13.2 Å². The Morgan fingerprint density at radius 3 is 2.67 bits per heavy atom. The number of amides is 1. The number of primary amides is 1. The number of carbonyl (C=O) groups is 1. The third-order valence-electron chi connectivity index (χ3n) is 4.98. The lowest BCUT2D eigenvalue weighted by atomic mass is 10.1. The van der Waals surface area contributed by atoms with Gasteiger partial charge in [0.05, 0.1) is 16.8 Å². The number of aliphatic hydroxyl groups is 1. The average Bonchev–Trinajstić information content (AvgIpc) is 3.36. The van der Waals surface area contributed by atoms with Crippen molar-refractivity contribution in [2.45, 2.75) is 25.3 Å². The molecular formula is C22H17ClF3N3O3S. The third-order valence-corrected chi connectivity index (χ3v) is 6.47. The van der Waals surface area contributed by atoms with Gasteiger partial charge in [-0.15, -0.1) is 11.3 Å². The molecule has 4 aromatic rings. The molecule has 0 radical (unpaired) electrons. The molecule has 0 saturated carbocycles. The third kappa shape index (κ3) is 4.54. The number of carbonyl (C=O) groups excluding carboxylic acids is 1. The predicted octanol–water partition coefficient (Wildman–Crippen LogP) is 5.55. The summed E-state index contributed by atoms with van der Waals surface area (Å²) < 4.78 is 46.3. The van der Waals surface area contributed by atoms with E-state index in [-0.39, 0.29) is 16.2 Å². The van der Waals surface area contributed by atoms with Gasteiger partial charge in [-0.05, 0) is 19.1 Å². The zero-order chi connectivity index (χ0) is 23.9. The molecule has 172 valence electrons. The van der Waals surface area contributed by atoms with E-state index in [9.17, 15) is 23.1 Å². The van der Waals surface area contributed by atoms with Gasteiger partial charge in [-0.3, -0.25) is 9.20 Å². The van der Waals surface area contributed by atoms with E-state index in [0.717, 1.165) is 23.6 Å². The van der Waals surface area contributed by atoms with Crippen molar-refractivity contribution >= 4 is 34.5 Å². The van der Waals surface area contributed by atoms with Crippen molar-refractivity contribution in [2.75, 3.05) is 0 Å². The Labute approximate surface area is 195 Å². The van der Waals surface area contributed by atoms with E-state index < -0.39 is 24.3 Å². The summed E-state index contributed by atoms with van der Waals surface area (Å²) in [7, 11) is 0. The van der Waals surface area contributed by atoms with Gasteiger partial charge < -0.3 is 15.6 Å². The zero-order valence-corrected chi connectivity index (χ0v) is 18.6. The zero-order valence-electron chi connectivity index (χ0n) is 17.0. The number of benzene rings is 1. The number of aromatic nitrogens is 2. The number of fused-ring (bicyclic) bond motifs is 1. The molecule has 0 aliphatic rings. The number of thiophene rings is 1. The minimum absolute atomic E-state index is 0.144. The summed E-state index contributed by atoms with van der Waals surface area (Å²) in [5, 5.41) is 10.1. The molecule has 1 aromatic carbocycles. The minimum atomic E-state index is -4.81. The van der Waals surface area contributed by atoms with Gasteiger partial charge in [0.2, 0.25) is 0 Å². The molecule has 0 spiro atoms. The Morgan fingerprint density at radius 2 is 2.00 bits per heavy atom. The van der Waals surface area contributed by atoms with Crippen LogP contribution in [0.25, 0.3) is 16.2 Å². The summed E-state index contributed by atoms with van der Waals surface area (Å²) in [4.78, 5) is 16.9. The van der Waals surface area contributed by atoms with Crippen molar-refractivity contribution in [1.29, 1.82) is 0 Å². The van der Waals surface area contributed by atoms with E-state index >= 15 is 0 Å². The normalized spacial score (nSPS) is 13.8. The molecule has 0 saturated heterocycles. The summed E-state index contributed by atoms with van der Waals surface area (Å²) in [6.07, 6.45) is -5.35. The van der Waals surface area contributed by atoms with Crippen LogP contribution in [0.1, 0.15) is 39.9 Å². The maximum Gasteiger partial charge on any atom is 0.418 e. The summed E-state index contributed by atoms with van der Waals surface area (Å²) in [6.45, 7) is 1.77. The molecule has 0 bridgehead atoms. The molecule has 4 rings (SSSR count). The molecule has 0 fully saturated rings. The fourth-order valence-electron chi connectivity index (χ4n) is 3.35. The number of pyridine rings is 1. The van der Waals surface area contributed by atoms with Crippen molar-refractivity contribution in [3.63, 3.8) is 0 Å². The van der Waals surface area contributed by atoms with E-state index in [1.54, 1.807) is 37.3 Å². The van der Waals surface area contributed by atoms with Crippen LogP contribution in [0.2, 0.25) is 5.02 Å². The molecule has 0 aliphatic heterocycles. The van der Waals surface area contributed by atoms with Gasteiger partial charge in [0.25, 0.3) is 5.91 Å². The number of halogens is 4. The van der Waals surface area contributed by atoms with Crippen molar-refractivity contribution in [3.05, 3.63) is 75.9 Å². The molecule has 3 heterocycles. The molecule has 6 nitrogen and oxygen atoms in total. The Morgan fingerprint density at radius 1 is 1.27 bits per heavy atom. The highest BCUT2D eigenvalue weighted by Crippen LogP contribution is 2.39. The second kappa shape index (κ2) is 8.69. The lowest BCUT2D eigenvalue weighted by Crippen LogP contribution is -2.20. The molecule has 2 atom stereocenters. The number of aliphatic hydroxyl groups excluding tert-OH is 1. The number of nitrogens with zero attached hydrogens (tertiary/aromatic N) is 2. The Kier molecular flexibility index (Phi) is 6.08. The largest absolute Gasteiger partial charge is 0.484 e. The molecule has 0 aliphatic carbocycles. The fraction of sp³-hybridized carbons (Fsp3) is 0.182. The highest BCUT2D eigenvalue weighted by molar-refractivity contribution is 7.17. The van der Waals surface area contributed by atoms with Crippen LogP contribution in [0.4, 0.5) is 13.2 Å². The number of hydrogen-bond donors (Lipinski definition) is 2. The van der Waals surface area contributed by atoms with E-state index in [4.69, 9.17) is 22.1 Å². The maximum absolute atomic E-state index is 13.0. The van der Waals surface area contributed by atoms with Gasteiger partial charge in [0, 0.05) is 28.4 Å². The number of alkyl halides is 3. The Hall–Kier alpha value is -3.08. The van der Waals surface area contributed by atoms with Crippen LogP contribution >= 0.6 is 22.9 Å². The van der Waals surface area contributed by atoms with Gasteiger partial charge in [-0.1, -0.05) is 35.9 Å². The summed E-state index contributed by atoms with van der Waals surface area (Å²) in [5.74, 6) is -0.494. The van der Waals surface area contributed by atoms with Crippen molar-refractivity contribution < 1.29 is 27.8 Å². The Balaban J connectivity index is 1.74. The van der Waals surface area contributed by atoms with Gasteiger partial charge in [-0.25, -0.2) is 4.98 Å². The SMILES string of the molecule is CC(Oc1cc(-c2cnc3ccc(C(O)C(F)(F)F)cn23)sc1C(N)=O)c1ccccc1Cl. The van der Waals surface area contributed by atoms with Crippen LogP contribution in [0.3, 0.4) is 0 Å². The average molecular weight is 496 g/mol. The first-order chi connectivity index (χ1) is 15.6. The summed E-state index contributed by atoms with van der Waals surface area (Å²) in [5.41, 5.74) is 6.68. The van der Waals surface area contributed by atoms with E-state index in [1.165, 1.54) is 16.7 Å². The van der Waals surface area contributed by atoms with Crippen molar-refractivity contribution in [2.24, 2.45) is 5.73 Å². The maximum atomic E-state index is 13.0. The quantitative estimate of drug-likeness (QED) is 0.367. The summed E-state index contributed by atoms with van der Waals surface area (Å²) >= 11 is 7.25. The second-order valence-corrected chi connectivity index (χ2v) is 8.69. The monoisotopic (exact) mass is 495 g/mol. The van der Waals surface area contributed by atoms with E-state index in [2.05, 4.69) is 4.98 Å². The first-order valence-electron chi connectivity index (χ1n) is 9.63. The van der Waals surface area contributed by atoms with E-state index in [1.807, 2.05) is 0 Å². The smallest absolute Gasteiger partial charge is 0.418 e. The molecule has 33 heavy (non-hydrogen) atoms. The highest BCUT2D eigenvalue weighted by atomic mass is 35.5. The molecule has 2 unspecified atom stereocenters. The molecule has 3 N–H and O–H groups in total. The topological polar surface area (TPSA) is 89.8 Å².